The van der Waals surface area contributed by atoms with Crippen LogP contribution in [0.1, 0.15) is 36.1 Å². The second kappa shape index (κ2) is 4.61. The van der Waals surface area contributed by atoms with E-state index in [1.165, 1.54) is 6.07 Å². The zero-order chi connectivity index (χ0) is 12.4. The summed E-state index contributed by atoms with van der Waals surface area (Å²) in [5.74, 6) is -0.487. The Labute approximate surface area is 99.0 Å². The van der Waals surface area contributed by atoms with Gasteiger partial charge in [0.2, 0.25) is 11.7 Å². The van der Waals surface area contributed by atoms with Gasteiger partial charge in [0.05, 0.1) is 6.54 Å². The van der Waals surface area contributed by atoms with Crippen molar-refractivity contribution in [3.63, 3.8) is 0 Å². The molecule has 1 fully saturated rings. The molecular formula is C12H15NO4. The molecule has 0 aromatic carbocycles. The highest BCUT2D eigenvalue weighted by Gasteiger charge is 2.25. The molecular weight excluding hydrogens is 222 g/mol. The Hall–Kier alpha value is -1.78. The van der Waals surface area contributed by atoms with Gasteiger partial charge in [-0.15, -0.1) is 0 Å². The van der Waals surface area contributed by atoms with Crippen LogP contribution in [0, 0.1) is 5.92 Å². The van der Waals surface area contributed by atoms with Crippen LogP contribution >= 0.6 is 0 Å². The summed E-state index contributed by atoms with van der Waals surface area (Å²) in [5.41, 5.74) is 0. The molecule has 0 radical (unpaired) electrons. The maximum Gasteiger partial charge on any atom is 0.371 e. The van der Waals surface area contributed by atoms with E-state index in [9.17, 15) is 9.59 Å². The van der Waals surface area contributed by atoms with Crippen molar-refractivity contribution in [2.45, 2.75) is 26.3 Å². The van der Waals surface area contributed by atoms with Crippen LogP contribution in [-0.4, -0.2) is 28.4 Å². The van der Waals surface area contributed by atoms with Crippen LogP contribution in [0.4, 0.5) is 0 Å². The van der Waals surface area contributed by atoms with Crippen molar-refractivity contribution >= 4 is 11.9 Å². The van der Waals surface area contributed by atoms with Crippen LogP contribution in [0.25, 0.3) is 0 Å². The topological polar surface area (TPSA) is 70.8 Å². The van der Waals surface area contributed by atoms with Crippen LogP contribution in [0.15, 0.2) is 16.5 Å². The number of hydrogen-bond acceptors (Lipinski definition) is 3. The normalized spacial score (nSPS) is 20.6. The van der Waals surface area contributed by atoms with E-state index in [2.05, 4.69) is 0 Å². The number of aromatic carboxylic acids is 1. The molecule has 2 rings (SSSR count). The largest absolute Gasteiger partial charge is 0.475 e. The van der Waals surface area contributed by atoms with Crippen molar-refractivity contribution in [1.82, 2.24) is 4.90 Å². The Morgan fingerprint density at radius 3 is 3.00 bits per heavy atom. The third-order valence-electron chi connectivity index (χ3n) is 3.02. The number of carboxylic acids is 1. The molecule has 0 spiro atoms. The Kier molecular flexibility index (Phi) is 3.17. The minimum atomic E-state index is -1.09. The van der Waals surface area contributed by atoms with E-state index in [1.54, 1.807) is 11.0 Å². The molecule has 0 saturated carbocycles. The first-order chi connectivity index (χ1) is 8.08. The Morgan fingerprint density at radius 2 is 2.35 bits per heavy atom. The molecule has 1 amide bonds. The molecule has 1 unspecified atom stereocenters. The summed E-state index contributed by atoms with van der Waals surface area (Å²) in [7, 11) is 0. The molecule has 17 heavy (non-hydrogen) atoms. The first-order valence-corrected chi connectivity index (χ1v) is 5.68. The Morgan fingerprint density at radius 1 is 1.59 bits per heavy atom. The molecule has 0 bridgehead atoms. The van der Waals surface area contributed by atoms with Crippen molar-refractivity contribution < 1.29 is 19.1 Å². The molecule has 1 aromatic rings. The monoisotopic (exact) mass is 237 g/mol. The number of rotatable bonds is 3. The standard InChI is InChI=1S/C12H15NO4/c1-8-3-2-6-13(11(8)14)7-9-4-5-10(17-9)12(15)16/h4-5,8H,2-3,6-7H2,1H3,(H,15,16). The van der Waals surface area contributed by atoms with Crippen molar-refractivity contribution in [1.29, 1.82) is 0 Å². The maximum absolute atomic E-state index is 11.8. The molecule has 92 valence electrons. The lowest BCUT2D eigenvalue weighted by Crippen LogP contribution is -2.39. The van der Waals surface area contributed by atoms with Gasteiger partial charge in [0.15, 0.2) is 0 Å². The lowest BCUT2D eigenvalue weighted by Gasteiger charge is -2.29. The quantitative estimate of drug-likeness (QED) is 0.869. The molecule has 0 aliphatic carbocycles. The molecule has 2 heterocycles. The average molecular weight is 237 g/mol. The molecule has 1 aliphatic rings. The number of carbonyl (C=O) groups is 2. The van der Waals surface area contributed by atoms with Gasteiger partial charge >= 0.3 is 5.97 Å². The number of furan rings is 1. The second-order valence-electron chi connectivity index (χ2n) is 4.37. The van der Waals surface area contributed by atoms with Gasteiger partial charge in [0.1, 0.15) is 5.76 Å². The Balaban J connectivity index is 2.04. The first-order valence-electron chi connectivity index (χ1n) is 5.68. The summed E-state index contributed by atoms with van der Waals surface area (Å²) < 4.78 is 5.14. The second-order valence-corrected chi connectivity index (χ2v) is 4.37. The Bertz CT molecular complexity index is 437. The lowest BCUT2D eigenvalue weighted by atomic mass is 9.99. The predicted molar refractivity (Wildman–Crippen MR) is 59.5 cm³/mol. The third kappa shape index (κ3) is 2.49. The summed E-state index contributed by atoms with van der Waals surface area (Å²) in [6, 6.07) is 3.02. The van der Waals surface area contributed by atoms with Crippen molar-refractivity contribution in [3.8, 4) is 0 Å². The van der Waals surface area contributed by atoms with Crippen LogP contribution in [0.3, 0.4) is 0 Å². The molecule has 5 heteroatoms. The first kappa shape index (κ1) is 11.7. The highest BCUT2D eigenvalue weighted by atomic mass is 16.4. The zero-order valence-corrected chi connectivity index (χ0v) is 9.68. The highest BCUT2D eigenvalue weighted by Crippen LogP contribution is 2.20. The van der Waals surface area contributed by atoms with Gasteiger partial charge in [-0.05, 0) is 25.0 Å². The van der Waals surface area contributed by atoms with Crippen LogP contribution in [0.2, 0.25) is 0 Å². The highest BCUT2D eigenvalue weighted by molar-refractivity contribution is 5.84. The summed E-state index contributed by atoms with van der Waals surface area (Å²) in [6.45, 7) is 2.99. The smallest absolute Gasteiger partial charge is 0.371 e. The van der Waals surface area contributed by atoms with Gasteiger partial charge in [-0.25, -0.2) is 4.79 Å². The molecule has 1 atom stereocenters. The van der Waals surface area contributed by atoms with Crippen molar-refractivity contribution in [3.05, 3.63) is 23.7 Å². The number of piperidine rings is 1. The number of hydrogen-bond donors (Lipinski definition) is 1. The van der Waals surface area contributed by atoms with E-state index in [0.717, 1.165) is 12.8 Å². The minimum absolute atomic E-state index is 0.0534. The van der Waals surface area contributed by atoms with Gasteiger partial charge < -0.3 is 14.4 Å². The van der Waals surface area contributed by atoms with E-state index >= 15 is 0 Å². The minimum Gasteiger partial charge on any atom is -0.475 e. The van der Waals surface area contributed by atoms with Crippen molar-refractivity contribution in [2.75, 3.05) is 6.54 Å². The molecule has 1 aliphatic heterocycles. The van der Waals surface area contributed by atoms with E-state index in [0.29, 0.717) is 18.8 Å². The summed E-state index contributed by atoms with van der Waals surface area (Å²) in [4.78, 5) is 24.2. The fourth-order valence-electron chi connectivity index (χ4n) is 2.06. The number of carbonyl (C=O) groups excluding carboxylic acids is 1. The zero-order valence-electron chi connectivity index (χ0n) is 9.68. The lowest BCUT2D eigenvalue weighted by molar-refractivity contribution is -0.138. The fourth-order valence-corrected chi connectivity index (χ4v) is 2.06. The van der Waals surface area contributed by atoms with Gasteiger partial charge in [-0.1, -0.05) is 6.92 Å². The average Bonchev–Trinajstić information content (AvgIpc) is 2.73. The van der Waals surface area contributed by atoms with Gasteiger partial charge in [-0.2, -0.15) is 0 Å². The third-order valence-corrected chi connectivity index (χ3v) is 3.02. The number of carboxylic acid groups (broad SMARTS) is 1. The van der Waals surface area contributed by atoms with E-state index in [1.807, 2.05) is 6.92 Å². The SMILES string of the molecule is CC1CCCN(Cc2ccc(C(=O)O)o2)C1=O. The summed E-state index contributed by atoms with van der Waals surface area (Å²) >= 11 is 0. The fraction of sp³-hybridized carbons (Fsp3) is 0.500. The predicted octanol–water partition coefficient (Wildman–Crippen LogP) is 1.74. The molecule has 1 N–H and O–H groups in total. The summed E-state index contributed by atoms with van der Waals surface area (Å²) in [5, 5.41) is 8.72. The van der Waals surface area contributed by atoms with Crippen LogP contribution in [-0.2, 0) is 11.3 Å². The van der Waals surface area contributed by atoms with E-state index < -0.39 is 5.97 Å². The van der Waals surface area contributed by atoms with Gasteiger partial charge in [0, 0.05) is 12.5 Å². The van der Waals surface area contributed by atoms with E-state index in [-0.39, 0.29) is 17.6 Å². The van der Waals surface area contributed by atoms with Crippen LogP contribution < -0.4 is 0 Å². The maximum atomic E-state index is 11.8. The molecule has 1 saturated heterocycles. The summed E-state index contributed by atoms with van der Waals surface area (Å²) in [6.07, 6.45) is 1.91. The number of amides is 1. The number of likely N-dealkylation sites (tertiary alicyclic amines) is 1. The van der Waals surface area contributed by atoms with Gasteiger partial charge in [0.25, 0.3) is 0 Å². The number of nitrogens with zero attached hydrogens (tertiary/aromatic N) is 1. The van der Waals surface area contributed by atoms with Crippen LogP contribution in [0.5, 0.6) is 0 Å². The van der Waals surface area contributed by atoms with Gasteiger partial charge in [-0.3, -0.25) is 4.79 Å². The molecule has 1 aromatic heterocycles. The van der Waals surface area contributed by atoms with Crippen molar-refractivity contribution in [2.24, 2.45) is 5.92 Å². The molecule has 5 nitrogen and oxygen atoms in total. The van der Waals surface area contributed by atoms with E-state index in [4.69, 9.17) is 9.52 Å².